The van der Waals surface area contributed by atoms with Crippen LogP contribution in [0, 0.1) is 11.3 Å². The van der Waals surface area contributed by atoms with Crippen molar-refractivity contribution in [1.82, 2.24) is 4.98 Å². The minimum absolute atomic E-state index is 0.353. The molecule has 1 aliphatic heterocycles. The lowest BCUT2D eigenvalue weighted by Gasteiger charge is -2.18. The lowest BCUT2D eigenvalue weighted by atomic mass is 10.2. The molecular formula is C17H16N4O3S. The van der Waals surface area contributed by atoms with Gasteiger partial charge in [-0.1, -0.05) is 0 Å². The third-order valence-electron chi connectivity index (χ3n) is 3.79. The first kappa shape index (κ1) is 16.9. The standard InChI is InChI=1S/C17H16N4O3S/c18-10-12-5-9-25-16(12)20-14(22)11-24-17(23)13-4-3-6-19-15(13)21-7-1-2-8-21/h3-6,9H,1-2,7-8,11H2,(H,20,22). The molecule has 0 saturated carbocycles. The molecule has 1 fully saturated rings. The monoisotopic (exact) mass is 356 g/mol. The predicted molar refractivity (Wildman–Crippen MR) is 93.6 cm³/mol. The van der Waals surface area contributed by atoms with E-state index in [9.17, 15) is 9.59 Å². The van der Waals surface area contributed by atoms with Gasteiger partial charge in [0.2, 0.25) is 0 Å². The Balaban J connectivity index is 1.61. The Morgan fingerprint density at radius 3 is 2.92 bits per heavy atom. The SMILES string of the molecule is N#Cc1ccsc1NC(=O)COC(=O)c1cccnc1N1CCCC1. The second-order valence-corrected chi connectivity index (χ2v) is 6.38. The molecule has 1 N–H and O–H groups in total. The maximum Gasteiger partial charge on any atom is 0.342 e. The number of carbonyl (C=O) groups excluding carboxylic acids is 2. The van der Waals surface area contributed by atoms with E-state index in [1.165, 1.54) is 11.3 Å². The van der Waals surface area contributed by atoms with E-state index in [0.717, 1.165) is 25.9 Å². The van der Waals surface area contributed by atoms with Crippen molar-refractivity contribution in [2.75, 3.05) is 29.9 Å². The zero-order valence-corrected chi connectivity index (χ0v) is 14.2. The second-order valence-electron chi connectivity index (χ2n) is 5.47. The first-order valence-corrected chi connectivity index (χ1v) is 8.71. The minimum Gasteiger partial charge on any atom is -0.452 e. The number of aromatic nitrogens is 1. The predicted octanol–water partition coefficient (Wildman–Crippen LogP) is 2.41. The maximum atomic E-state index is 12.3. The lowest BCUT2D eigenvalue weighted by Crippen LogP contribution is -2.24. The third-order valence-corrected chi connectivity index (χ3v) is 4.62. The van der Waals surface area contributed by atoms with E-state index in [1.807, 2.05) is 11.0 Å². The van der Waals surface area contributed by atoms with Gasteiger partial charge in [0.25, 0.3) is 5.91 Å². The van der Waals surface area contributed by atoms with Gasteiger partial charge in [-0.05, 0) is 36.4 Å². The van der Waals surface area contributed by atoms with Crippen LogP contribution in [0.3, 0.4) is 0 Å². The van der Waals surface area contributed by atoms with Crippen LogP contribution in [-0.2, 0) is 9.53 Å². The fourth-order valence-electron chi connectivity index (χ4n) is 2.60. The summed E-state index contributed by atoms with van der Waals surface area (Å²) in [5, 5.41) is 13.7. The Hall–Kier alpha value is -2.92. The molecule has 0 aliphatic carbocycles. The van der Waals surface area contributed by atoms with Gasteiger partial charge in [-0.25, -0.2) is 9.78 Å². The summed E-state index contributed by atoms with van der Waals surface area (Å²) in [6.07, 6.45) is 3.77. The molecule has 25 heavy (non-hydrogen) atoms. The zero-order chi connectivity index (χ0) is 17.6. The van der Waals surface area contributed by atoms with Gasteiger partial charge in [-0.2, -0.15) is 5.26 Å². The average Bonchev–Trinajstić information content (AvgIpc) is 3.31. The molecule has 128 valence electrons. The van der Waals surface area contributed by atoms with E-state index in [2.05, 4.69) is 10.3 Å². The smallest absolute Gasteiger partial charge is 0.342 e. The summed E-state index contributed by atoms with van der Waals surface area (Å²) < 4.78 is 5.12. The Bertz CT molecular complexity index is 821. The van der Waals surface area contributed by atoms with Gasteiger partial charge >= 0.3 is 5.97 Å². The van der Waals surface area contributed by atoms with Gasteiger partial charge < -0.3 is 15.0 Å². The number of anilines is 2. The fourth-order valence-corrected chi connectivity index (χ4v) is 3.36. The molecule has 0 atom stereocenters. The summed E-state index contributed by atoms with van der Waals surface area (Å²) in [7, 11) is 0. The topological polar surface area (TPSA) is 95.3 Å². The number of esters is 1. The molecule has 3 heterocycles. The van der Waals surface area contributed by atoms with Crippen molar-refractivity contribution >= 4 is 34.0 Å². The number of nitrogens with zero attached hydrogens (tertiary/aromatic N) is 3. The summed E-state index contributed by atoms with van der Waals surface area (Å²) in [5.74, 6) is -0.480. The number of nitrogens with one attached hydrogen (secondary N) is 1. The van der Waals surface area contributed by atoms with Crippen molar-refractivity contribution in [3.63, 3.8) is 0 Å². The van der Waals surface area contributed by atoms with Crippen molar-refractivity contribution in [3.8, 4) is 6.07 Å². The number of thiophene rings is 1. The summed E-state index contributed by atoms with van der Waals surface area (Å²) in [6, 6.07) is 6.91. The Morgan fingerprint density at radius 2 is 2.16 bits per heavy atom. The molecule has 7 nitrogen and oxygen atoms in total. The molecule has 0 radical (unpaired) electrons. The number of hydrogen-bond donors (Lipinski definition) is 1. The van der Waals surface area contributed by atoms with Gasteiger partial charge in [0.1, 0.15) is 22.5 Å². The Kier molecular flexibility index (Phi) is 5.26. The molecule has 1 aliphatic rings. The van der Waals surface area contributed by atoms with Crippen LogP contribution in [0.1, 0.15) is 28.8 Å². The number of ether oxygens (including phenoxy) is 1. The molecule has 0 unspecified atom stereocenters. The normalized spacial score (nSPS) is 13.3. The molecule has 2 aromatic heterocycles. The van der Waals surface area contributed by atoms with Gasteiger partial charge in [-0.15, -0.1) is 11.3 Å². The molecular weight excluding hydrogens is 340 g/mol. The average molecular weight is 356 g/mol. The summed E-state index contributed by atoms with van der Waals surface area (Å²) in [6.45, 7) is 1.29. The summed E-state index contributed by atoms with van der Waals surface area (Å²) in [5.41, 5.74) is 0.735. The van der Waals surface area contributed by atoms with Crippen molar-refractivity contribution in [3.05, 3.63) is 40.9 Å². The maximum absolute atomic E-state index is 12.3. The highest BCUT2D eigenvalue weighted by Crippen LogP contribution is 2.23. The van der Waals surface area contributed by atoms with Crippen molar-refractivity contribution in [1.29, 1.82) is 5.26 Å². The van der Waals surface area contributed by atoms with Gasteiger partial charge in [-0.3, -0.25) is 4.79 Å². The van der Waals surface area contributed by atoms with Gasteiger partial charge in [0.15, 0.2) is 6.61 Å². The van der Waals surface area contributed by atoms with E-state index >= 15 is 0 Å². The highest BCUT2D eigenvalue weighted by molar-refractivity contribution is 7.14. The lowest BCUT2D eigenvalue weighted by molar-refractivity contribution is -0.119. The van der Waals surface area contributed by atoms with Crippen LogP contribution in [0.5, 0.6) is 0 Å². The Labute approximate surface area is 148 Å². The second kappa shape index (κ2) is 7.77. The first-order valence-electron chi connectivity index (χ1n) is 7.83. The van der Waals surface area contributed by atoms with Crippen LogP contribution in [0.2, 0.25) is 0 Å². The molecule has 0 spiro atoms. The van der Waals surface area contributed by atoms with Crippen LogP contribution in [0.4, 0.5) is 10.8 Å². The number of pyridine rings is 1. The van der Waals surface area contributed by atoms with Crippen LogP contribution in [0.25, 0.3) is 0 Å². The molecule has 2 aromatic rings. The number of hydrogen-bond acceptors (Lipinski definition) is 7. The molecule has 0 aromatic carbocycles. The van der Waals surface area contributed by atoms with Crippen LogP contribution >= 0.6 is 11.3 Å². The van der Waals surface area contributed by atoms with Crippen molar-refractivity contribution in [2.45, 2.75) is 12.8 Å². The van der Waals surface area contributed by atoms with Crippen molar-refractivity contribution in [2.24, 2.45) is 0 Å². The molecule has 1 saturated heterocycles. The van der Waals surface area contributed by atoms with Gasteiger partial charge in [0, 0.05) is 19.3 Å². The summed E-state index contributed by atoms with van der Waals surface area (Å²) >= 11 is 1.24. The molecule has 3 rings (SSSR count). The van der Waals surface area contributed by atoms with E-state index in [0.29, 0.717) is 21.9 Å². The van der Waals surface area contributed by atoms with Gasteiger partial charge in [0.05, 0.1) is 5.56 Å². The fraction of sp³-hybridized carbons (Fsp3) is 0.294. The third kappa shape index (κ3) is 3.95. The van der Waals surface area contributed by atoms with Crippen LogP contribution in [0.15, 0.2) is 29.8 Å². The quantitative estimate of drug-likeness (QED) is 0.827. The van der Waals surface area contributed by atoms with E-state index < -0.39 is 18.5 Å². The number of amides is 1. The number of carbonyl (C=O) groups is 2. The van der Waals surface area contributed by atoms with E-state index in [4.69, 9.17) is 10.00 Å². The zero-order valence-electron chi connectivity index (χ0n) is 13.4. The number of rotatable bonds is 5. The van der Waals surface area contributed by atoms with E-state index in [-0.39, 0.29) is 0 Å². The highest BCUT2D eigenvalue weighted by atomic mass is 32.1. The van der Waals surface area contributed by atoms with Crippen LogP contribution < -0.4 is 10.2 Å². The minimum atomic E-state index is -0.586. The van der Waals surface area contributed by atoms with Crippen molar-refractivity contribution < 1.29 is 14.3 Å². The van der Waals surface area contributed by atoms with Crippen LogP contribution in [-0.4, -0.2) is 36.6 Å². The van der Waals surface area contributed by atoms with E-state index in [1.54, 1.807) is 29.8 Å². The first-order chi connectivity index (χ1) is 12.2. The molecule has 8 heteroatoms. The molecule has 0 bridgehead atoms. The highest BCUT2D eigenvalue weighted by Gasteiger charge is 2.22. The molecule has 1 amide bonds. The largest absolute Gasteiger partial charge is 0.452 e. The summed E-state index contributed by atoms with van der Waals surface area (Å²) in [4.78, 5) is 30.6. The number of nitriles is 1. The Morgan fingerprint density at radius 1 is 1.36 bits per heavy atom.